The van der Waals surface area contributed by atoms with Crippen LogP contribution in [-0.2, 0) is 23.9 Å². The molecule has 2 aliphatic rings. The lowest BCUT2D eigenvalue weighted by atomic mass is 9.81. The zero-order valence-electron chi connectivity index (χ0n) is 14.1. The van der Waals surface area contributed by atoms with E-state index in [1.807, 2.05) is 0 Å². The zero-order chi connectivity index (χ0) is 18.7. The van der Waals surface area contributed by atoms with Gasteiger partial charge in [0.25, 0.3) is 5.91 Å². The first kappa shape index (κ1) is 18.6. The van der Waals surface area contributed by atoms with E-state index in [4.69, 9.17) is 4.74 Å². The number of carbonyl (C=O) groups is 4. The number of nitrogens with zero attached hydrogens (tertiary/aromatic N) is 1. The molecule has 3 rings (SSSR count). The Morgan fingerprint density at radius 2 is 1.65 bits per heavy atom. The number of hydrogen-bond acceptors (Lipinski definition) is 5. The van der Waals surface area contributed by atoms with Crippen molar-refractivity contribution in [3.63, 3.8) is 0 Å². The van der Waals surface area contributed by atoms with Gasteiger partial charge in [-0.1, -0.05) is 28.8 Å². The van der Waals surface area contributed by atoms with Crippen LogP contribution in [0.25, 0.3) is 0 Å². The first-order valence-corrected chi connectivity index (χ1v) is 9.31. The number of benzene rings is 1. The summed E-state index contributed by atoms with van der Waals surface area (Å²) in [5.74, 6) is -2.45. The summed E-state index contributed by atoms with van der Waals surface area (Å²) in [6.07, 6.45) is 3.23. The fourth-order valence-electron chi connectivity index (χ4n) is 3.44. The molecule has 2 unspecified atom stereocenters. The number of esters is 1. The summed E-state index contributed by atoms with van der Waals surface area (Å²) in [5, 5.41) is 2.59. The van der Waals surface area contributed by atoms with E-state index < -0.39 is 25.0 Å². The topological polar surface area (TPSA) is 92.8 Å². The summed E-state index contributed by atoms with van der Waals surface area (Å²) in [4.78, 5) is 49.4. The lowest BCUT2D eigenvalue weighted by Crippen LogP contribution is -2.37. The summed E-state index contributed by atoms with van der Waals surface area (Å²) < 4.78 is 5.78. The molecule has 3 amide bonds. The van der Waals surface area contributed by atoms with Crippen LogP contribution in [0.2, 0.25) is 0 Å². The molecule has 8 heteroatoms. The fraction of sp³-hybridized carbons (Fsp3) is 0.444. The number of amides is 3. The Balaban J connectivity index is 1.48. The Labute approximate surface area is 159 Å². The Morgan fingerprint density at radius 1 is 1.08 bits per heavy atom. The summed E-state index contributed by atoms with van der Waals surface area (Å²) in [5.41, 5.74) is 0.572. The second-order valence-electron chi connectivity index (χ2n) is 6.48. The number of fused-ring (bicyclic) bond motifs is 1. The second-order valence-corrected chi connectivity index (χ2v) is 7.39. The van der Waals surface area contributed by atoms with Crippen molar-refractivity contribution in [1.82, 2.24) is 4.90 Å². The summed E-state index contributed by atoms with van der Waals surface area (Å²) in [7, 11) is 0. The molecule has 2 fully saturated rings. The average molecular weight is 423 g/mol. The monoisotopic (exact) mass is 422 g/mol. The molecule has 1 aromatic rings. The molecule has 0 bridgehead atoms. The van der Waals surface area contributed by atoms with Crippen LogP contribution in [0.15, 0.2) is 28.7 Å². The lowest BCUT2D eigenvalue weighted by molar-refractivity contribution is -0.154. The van der Waals surface area contributed by atoms with E-state index >= 15 is 0 Å². The molecule has 1 heterocycles. The van der Waals surface area contributed by atoms with E-state index in [-0.39, 0.29) is 23.7 Å². The number of ether oxygens (including phenoxy) is 1. The maximum absolute atomic E-state index is 12.3. The van der Waals surface area contributed by atoms with Crippen LogP contribution in [-0.4, -0.2) is 41.7 Å². The van der Waals surface area contributed by atoms with Crippen LogP contribution >= 0.6 is 15.9 Å². The predicted octanol–water partition coefficient (Wildman–Crippen LogP) is 2.11. The van der Waals surface area contributed by atoms with Crippen LogP contribution < -0.4 is 5.32 Å². The van der Waals surface area contributed by atoms with Crippen molar-refractivity contribution in [2.75, 3.05) is 18.5 Å². The van der Waals surface area contributed by atoms with Crippen molar-refractivity contribution in [3.05, 3.63) is 28.7 Å². The molecular weight excluding hydrogens is 404 g/mol. The van der Waals surface area contributed by atoms with E-state index in [1.54, 1.807) is 24.3 Å². The fourth-order valence-corrected chi connectivity index (χ4v) is 3.70. The standard InChI is InChI=1S/C18H19BrN2O5/c19-11-5-7-12(8-6-11)20-15(22)10-26-16(23)9-21-17(24)13-3-1-2-4-14(13)18(21)25/h5-8,13-14H,1-4,9-10H2,(H,20,22). The van der Waals surface area contributed by atoms with Crippen molar-refractivity contribution in [2.45, 2.75) is 25.7 Å². The van der Waals surface area contributed by atoms with Gasteiger partial charge in [-0.2, -0.15) is 0 Å². The van der Waals surface area contributed by atoms with Crippen LogP contribution in [0.3, 0.4) is 0 Å². The minimum atomic E-state index is -0.767. The minimum Gasteiger partial charge on any atom is -0.454 e. The minimum absolute atomic E-state index is 0.295. The van der Waals surface area contributed by atoms with Crippen molar-refractivity contribution in [1.29, 1.82) is 0 Å². The third-order valence-corrected chi connectivity index (χ3v) is 5.24. The molecule has 1 aromatic carbocycles. The first-order chi connectivity index (χ1) is 12.5. The van der Waals surface area contributed by atoms with Gasteiger partial charge in [-0.15, -0.1) is 0 Å². The molecule has 2 atom stereocenters. The van der Waals surface area contributed by atoms with E-state index in [1.165, 1.54) is 0 Å². The SMILES string of the molecule is O=C(COC(=O)CN1C(=O)C2CCCCC2C1=O)Nc1ccc(Br)cc1. The summed E-state index contributed by atoms with van der Waals surface area (Å²) >= 11 is 3.29. The summed E-state index contributed by atoms with van der Waals surface area (Å²) in [6.45, 7) is -0.909. The second kappa shape index (κ2) is 7.99. The third kappa shape index (κ3) is 4.12. The molecule has 1 N–H and O–H groups in total. The Hall–Kier alpha value is -2.22. The number of rotatable bonds is 5. The maximum Gasteiger partial charge on any atom is 0.326 e. The predicted molar refractivity (Wildman–Crippen MR) is 95.9 cm³/mol. The van der Waals surface area contributed by atoms with Gasteiger partial charge in [-0.3, -0.25) is 24.1 Å². The Bertz CT molecular complexity index is 710. The number of carbonyl (C=O) groups excluding carboxylic acids is 4. The molecule has 1 aliphatic heterocycles. The highest BCUT2D eigenvalue weighted by atomic mass is 79.9. The van der Waals surface area contributed by atoms with Gasteiger partial charge in [0.15, 0.2) is 6.61 Å². The molecule has 1 saturated carbocycles. The molecular formula is C18H19BrN2O5. The van der Waals surface area contributed by atoms with Crippen molar-refractivity contribution in [2.24, 2.45) is 11.8 Å². The number of likely N-dealkylation sites (tertiary alicyclic amines) is 1. The number of imide groups is 1. The van der Waals surface area contributed by atoms with Crippen molar-refractivity contribution < 1.29 is 23.9 Å². The van der Waals surface area contributed by atoms with Gasteiger partial charge in [-0.05, 0) is 37.1 Å². The molecule has 0 radical (unpaired) electrons. The van der Waals surface area contributed by atoms with Crippen LogP contribution in [0.1, 0.15) is 25.7 Å². The van der Waals surface area contributed by atoms with Crippen molar-refractivity contribution in [3.8, 4) is 0 Å². The molecule has 138 valence electrons. The highest BCUT2D eigenvalue weighted by Gasteiger charge is 2.48. The largest absolute Gasteiger partial charge is 0.454 e. The smallest absolute Gasteiger partial charge is 0.326 e. The van der Waals surface area contributed by atoms with Gasteiger partial charge in [-0.25, -0.2) is 0 Å². The van der Waals surface area contributed by atoms with E-state index in [2.05, 4.69) is 21.2 Å². The lowest BCUT2D eigenvalue weighted by Gasteiger charge is -2.19. The van der Waals surface area contributed by atoms with E-state index in [0.29, 0.717) is 18.5 Å². The average Bonchev–Trinajstić information content (AvgIpc) is 2.87. The van der Waals surface area contributed by atoms with Crippen LogP contribution in [0.4, 0.5) is 5.69 Å². The quantitative estimate of drug-likeness (QED) is 0.579. The normalized spacial score (nSPS) is 22.1. The molecule has 1 saturated heterocycles. The molecule has 26 heavy (non-hydrogen) atoms. The van der Waals surface area contributed by atoms with Crippen LogP contribution in [0, 0.1) is 11.8 Å². The number of nitrogens with one attached hydrogen (secondary N) is 1. The number of halogens is 1. The Morgan fingerprint density at radius 3 is 2.23 bits per heavy atom. The van der Waals surface area contributed by atoms with Gasteiger partial charge in [0, 0.05) is 10.2 Å². The van der Waals surface area contributed by atoms with Gasteiger partial charge < -0.3 is 10.1 Å². The molecule has 0 spiro atoms. The Kier molecular flexibility index (Phi) is 5.70. The van der Waals surface area contributed by atoms with Gasteiger partial charge >= 0.3 is 5.97 Å². The molecule has 7 nitrogen and oxygen atoms in total. The molecule has 1 aliphatic carbocycles. The first-order valence-electron chi connectivity index (χ1n) is 8.52. The highest BCUT2D eigenvalue weighted by Crippen LogP contribution is 2.37. The number of hydrogen-bond donors (Lipinski definition) is 1. The van der Waals surface area contributed by atoms with Crippen molar-refractivity contribution >= 4 is 45.3 Å². The van der Waals surface area contributed by atoms with E-state index in [0.717, 1.165) is 22.2 Å². The third-order valence-electron chi connectivity index (χ3n) is 4.71. The van der Waals surface area contributed by atoms with Crippen LogP contribution in [0.5, 0.6) is 0 Å². The number of anilines is 1. The summed E-state index contributed by atoms with van der Waals surface area (Å²) in [6, 6.07) is 6.94. The molecule has 0 aromatic heterocycles. The zero-order valence-corrected chi connectivity index (χ0v) is 15.7. The van der Waals surface area contributed by atoms with Gasteiger partial charge in [0.05, 0.1) is 11.8 Å². The highest BCUT2D eigenvalue weighted by molar-refractivity contribution is 9.10. The van der Waals surface area contributed by atoms with E-state index in [9.17, 15) is 19.2 Å². The van der Waals surface area contributed by atoms with Gasteiger partial charge in [0.1, 0.15) is 6.54 Å². The van der Waals surface area contributed by atoms with Gasteiger partial charge in [0.2, 0.25) is 11.8 Å². The maximum atomic E-state index is 12.3.